The predicted octanol–water partition coefficient (Wildman–Crippen LogP) is 4.49. The number of hydrazone groups is 1. The fourth-order valence-corrected chi connectivity index (χ4v) is 3.20. The summed E-state index contributed by atoms with van der Waals surface area (Å²) in [6.07, 6.45) is 1.60. The number of nitrogens with zero attached hydrogens (tertiary/aromatic N) is 3. The van der Waals surface area contributed by atoms with Crippen LogP contribution in [0.25, 0.3) is 11.3 Å². The fourth-order valence-electron chi connectivity index (χ4n) is 3.20. The van der Waals surface area contributed by atoms with Crippen LogP contribution in [-0.2, 0) is 6.61 Å². The molecule has 4 aromatic rings. The molecule has 0 radical (unpaired) electrons. The first-order valence-corrected chi connectivity index (χ1v) is 10.5. The number of benzene rings is 3. The van der Waals surface area contributed by atoms with Gasteiger partial charge in [0.1, 0.15) is 18.1 Å². The molecule has 0 bridgehead atoms. The average Bonchev–Trinajstić information content (AvgIpc) is 3.34. The second-order valence-corrected chi connectivity index (χ2v) is 7.62. The van der Waals surface area contributed by atoms with Crippen LogP contribution < -0.4 is 15.1 Å². The maximum Gasteiger partial charge on any atom is 0.289 e. The molecule has 4 rings (SSSR count). The SMILES string of the molecule is CN(C)c1ccc(/C=N/NC(=O)c2cc(-c3ccccc3OCc3ccccc3)n[nH]2)cc1. The van der Waals surface area contributed by atoms with Gasteiger partial charge in [-0.25, -0.2) is 5.43 Å². The zero-order valence-corrected chi connectivity index (χ0v) is 18.5. The number of hydrogen-bond acceptors (Lipinski definition) is 5. The van der Waals surface area contributed by atoms with E-state index < -0.39 is 0 Å². The molecule has 0 atom stereocenters. The van der Waals surface area contributed by atoms with E-state index in [4.69, 9.17) is 4.74 Å². The van der Waals surface area contributed by atoms with E-state index in [1.165, 1.54) is 0 Å². The molecule has 1 aromatic heterocycles. The molecule has 0 aliphatic rings. The lowest BCUT2D eigenvalue weighted by atomic mass is 10.1. The van der Waals surface area contributed by atoms with Gasteiger partial charge in [0.25, 0.3) is 5.91 Å². The van der Waals surface area contributed by atoms with E-state index in [1.54, 1.807) is 12.3 Å². The Morgan fingerprint density at radius 2 is 1.76 bits per heavy atom. The number of H-pyrrole nitrogens is 1. The maximum absolute atomic E-state index is 12.5. The monoisotopic (exact) mass is 439 g/mol. The lowest BCUT2D eigenvalue weighted by Gasteiger charge is -2.11. The van der Waals surface area contributed by atoms with E-state index in [9.17, 15) is 4.79 Å². The van der Waals surface area contributed by atoms with Crippen molar-refractivity contribution in [3.63, 3.8) is 0 Å². The fraction of sp³-hybridized carbons (Fsp3) is 0.115. The summed E-state index contributed by atoms with van der Waals surface area (Å²) in [6, 6.07) is 27.1. The van der Waals surface area contributed by atoms with Crippen LogP contribution in [0.4, 0.5) is 5.69 Å². The van der Waals surface area contributed by atoms with Crippen molar-refractivity contribution in [3.05, 3.63) is 102 Å². The Morgan fingerprint density at radius 3 is 2.52 bits per heavy atom. The minimum atomic E-state index is -0.377. The summed E-state index contributed by atoms with van der Waals surface area (Å²) in [5.74, 6) is 0.316. The molecule has 0 spiro atoms. The number of nitrogens with one attached hydrogen (secondary N) is 2. The van der Waals surface area contributed by atoms with Crippen molar-refractivity contribution >= 4 is 17.8 Å². The Balaban J connectivity index is 1.41. The van der Waals surface area contributed by atoms with Gasteiger partial charge in [-0.2, -0.15) is 10.2 Å². The van der Waals surface area contributed by atoms with Crippen molar-refractivity contribution in [1.82, 2.24) is 15.6 Å². The minimum absolute atomic E-state index is 0.308. The van der Waals surface area contributed by atoms with Gasteiger partial charge in [0.15, 0.2) is 0 Å². The second kappa shape index (κ2) is 10.3. The van der Waals surface area contributed by atoms with Crippen LogP contribution in [0.2, 0.25) is 0 Å². The molecule has 0 aliphatic carbocycles. The van der Waals surface area contributed by atoms with Crippen molar-refractivity contribution in [2.24, 2.45) is 5.10 Å². The van der Waals surface area contributed by atoms with Crippen LogP contribution >= 0.6 is 0 Å². The molecule has 1 heterocycles. The highest BCUT2D eigenvalue weighted by atomic mass is 16.5. The number of aromatic amines is 1. The molecule has 2 N–H and O–H groups in total. The van der Waals surface area contributed by atoms with E-state index in [1.807, 2.05) is 97.9 Å². The highest BCUT2D eigenvalue weighted by molar-refractivity contribution is 5.94. The summed E-state index contributed by atoms with van der Waals surface area (Å²) in [5.41, 5.74) is 7.30. The van der Waals surface area contributed by atoms with Crippen LogP contribution in [0.5, 0.6) is 5.75 Å². The smallest absolute Gasteiger partial charge is 0.289 e. The van der Waals surface area contributed by atoms with Gasteiger partial charge < -0.3 is 9.64 Å². The van der Waals surface area contributed by atoms with Crippen molar-refractivity contribution < 1.29 is 9.53 Å². The predicted molar refractivity (Wildman–Crippen MR) is 131 cm³/mol. The number of rotatable bonds is 8. The molecule has 7 nitrogen and oxygen atoms in total. The quantitative estimate of drug-likeness (QED) is 0.313. The Bertz CT molecular complexity index is 1230. The van der Waals surface area contributed by atoms with E-state index in [0.29, 0.717) is 23.7 Å². The number of amides is 1. The van der Waals surface area contributed by atoms with Gasteiger partial charge in [-0.15, -0.1) is 0 Å². The van der Waals surface area contributed by atoms with Gasteiger partial charge in [0.2, 0.25) is 0 Å². The highest BCUT2D eigenvalue weighted by Crippen LogP contribution is 2.29. The highest BCUT2D eigenvalue weighted by Gasteiger charge is 2.13. The third kappa shape index (κ3) is 5.65. The molecule has 33 heavy (non-hydrogen) atoms. The van der Waals surface area contributed by atoms with E-state index in [2.05, 4.69) is 20.7 Å². The number of para-hydroxylation sites is 1. The molecular formula is C26H25N5O2. The second-order valence-electron chi connectivity index (χ2n) is 7.62. The van der Waals surface area contributed by atoms with Gasteiger partial charge in [-0.3, -0.25) is 9.89 Å². The number of anilines is 1. The van der Waals surface area contributed by atoms with Crippen molar-refractivity contribution in [3.8, 4) is 17.0 Å². The maximum atomic E-state index is 12.5. The molecule has 3 aromatic carbocycles. The van der Waals surface area contributed by atoms with Crippen molar-refractivity contribution in [2.45, 2.75) is 6.61 Å². The Labute approximate surface area is 192 Å². The Morgan fingerprint density at radius 1 is 1.03 bits per heavy atom. The third-order valence-corrected chi connectivity index (χ3v) is 5.01. The first-order valence-electron chi connectivity index (χ1n) is 10.5. The Kier molecular flexibility index (Phi) is 6.80. The third-order valence-electron chi connectivity index (χ3n) is 5.01. The topological polar surface area (TPSA) is 82.6 Å². The zero-order chi connectivity index (χ0) is 23.0. The molecule has 0 aliphatic heterocycles. The summed E-state index contributed by atoms with van der Waals surface area (Å²) < 4.78 is 6.00. The summed E-state index contributed by atoms with van der Waals surface area (Å²) in [6.45, 7) is 0.444. The molecule has 0 saturated carbocycles. The summed E-state index contributed by atoms with van der Waals surface area (Å²) in [4.78, 5) is 14.5. The summed E-state index contributed by atoms with van der Waals surface area (Å²) in [7, 11) is 3.96. The van der Waals surface area contributed by atoms with Crippen LogP contribution in [0.15, 0.2) is 90.0 Å². The van der Waals surface area contributed by atoms with Crippen molar-refractivity contribution in [1.29, 1.82) is 0 Å². The molecule has 0 fully saturated rings. The first kappa shape index (κ1) is 21.8. The van der Waals surface area contributed by atoms with Gasteiger partial charge in [0.05, 0.1) is 11.9 Å². The molecule has 0 saturated heterocycles. The van der Waals surface area contributed by atoms with Gasteiger partial charge in [-0.1, -0.05) is 54.6 Å². The molecule has 7 heteroatoms. The lowest BCUT2D eigenvalue weighted by molar-refractivity contribution is 0.0950. The number of hydrogen-bond donors (Lipinski definition) is 2. The number of carbonyl (C=O) groups is 1. The Hall–Kier alpha value is -4.39. The molecular weight excluding hydrogens is 414 g/mol. The van der Waals surface area contributed by atoms with Crippen LogP contribution in [0.1, 0.15) is 21.6 Å². The zero-order valence-electron chi connectivity index (χ0n) is 18.5. The lowest BCUT2D eigenvalue weighted by Crippen LogP contribution is -2.18. The number of carbonyl (C=O) groups excluding carboxylic acids is 1. The largest absolute Gasteiger partial charge is 0.488 e. The van der Waals surface area contributed by atoms with E-state index in [-0.39, 0.29) is 5.91 Å². The average molecular weight is 440 g/mol. The summed E-state index contributed by atoms with van der Waals surface area (Å²) >= 11 is 0. The van der Waals surface area contributed by atoms with Crippen LogP contribution in [0.3, 0.4) is 0 Å². The van der Waals surface area contributed by atoms with Gasteiger partial charge >= 0.3 is 0 Å². The van der Waals surface area contributed by atoms with Gasteiger partial charge in [-0.05, 0) is 41.5 Å². The number of ether oxygens (including phenoxy) is 1. The molecule has 1 amide bonds. The van der Waals surface area contributed by atoms with Crippen molar-refractivity contribution in [2.75, 3.05) is 19.0 Å². The standard InChI is InChI=1S/C26H25N5O2/c1-31(2)21-14-12-19(13-15-21)17-27-30-26(32)24-16-23(28-29-24)22-10-6-7-11-25(22)33-18-20-8-4-3-5-9-20/h3-17H,18H2,1-2H3,(H,28,29)(H,30,32)/b27-17+. The number of aromatic nitrogens is 2. The van der Waals surface area contributed by atoms with Crippen LogP contribution in [0, 0.1) is 0 Å². The van der Waals surface area contributed by atoms with Gasteiger partial charge in [0, 0.05) is 25.3 Å². The minimum Gasteiger partial charge on any atom is -0.488 e. The van der Waals surface area contributed by atoms with E-state index >= 15 is 0 Å². The summed E-state index contributed by atoms with van der Waals surface area (Å²) in [5, 5.41) is 11.1. The first-order chi connectivity index (χ1) is 16.1. The molecule has 0 unspecified atom stereocenters. The van der Waals surface area contributed by atoms with E-state index in [0.717, 1.165) is 22.4 Å². The molecule has 166 valence electrons. The normalized spacial score (nSPS) is 10.8. The van der Waals surface area contributed by atoms with Crippen LogP contribution in [-0.4, -0.2) is 36.4 Å².